The second kappa shape index (κ2) is 10.4. The molecule has 0 spiro atoms. The number of hydrogen-bond acceptors (Lipinski definition) is 9. The highest BCUT2D eigenvalue weighted by molar-refractivity contribution is 6.03. The molecule has 14 heteroatoms. The Morgan fingerprint density at radius 2 is 2.08 bits per heavy atom. The van der Waals surface area contributed by atoms with Gasteiger partial charge in [0.15, 0.2) is 11.6 Å². The van der Waals surface area contributed by atoms with E-state index in [-0.39, 0.29) is 41.7 Å². The number of nitrogens with one attached hydrogen (secondary N) is 1. The molecule has 3 N–H and O–H groups in total. The summed E-state index contributed by atoms with van der Waals surface area (Å²) in [5.41, 5.74) is -0.0490. The van der Waals surface area contributed by atoms with Gasteiger partial charge in [-0.05, 0) is 25.0 Å². The number of urea groups is 1. The number of amides is 2. The van der Waals surface area contributed by atoms with Crippen molar-refractivity contribution in [3.05, 3.63) is 48.3 Å². The van der Waals surface area contributed by atoms with Crippen molar-refractivity contribution in [3.63, 3.8) is 0 Å². The fraction of sp³-hybridized carbons (Fsp3) is 0.375. The van der Waals surface area contributed by atoms with E-state index in [1.54, 1.807) is 0 Å². The Morgan fingerprint density at radius 3 is 2.87 bits per heavy atom. The van der Waals surface area contributed by atoms with E-state index in [0.29, 0.717) is 18.7 Å². The van der Waals surface area contributed by atoms with Gasteiger partial charge in [-0.1, -0.05) is 12.1 Å². The molecule has 0 unspecified atom stereocenters. The van der Waals surface area contributed by atoms with Crippen LogP contribution in [-0.4, -0.2) is 74.6 Å². The number of rotatable bonds is 6. The molecule has 5 rings (SSSR count). The number of carbonyl (C=O) groups excluding carboxylic acids is 1. The molecular weight excluding hydrogens is 507 g/mol. The summed E-state index contributed by atoms with van der Waals surface area (Å²) in [4.78, 5) is 34.0. The monoisotopic (exact) mass is 531 g/mol. The number of hydrogen-bond donors (Lipinski definition) is 3. The van der Waals surface area contributed by atoms with Gasteiger partial charge >= 0.3 is 12.2 Å². The highest BCUT2D eigenvalue weighted by Gasteiger charge is 2.39. The van der Waals surface area contributed by atoms with Crippen molar-refractivity contribution >= 4 is 23.5 Å². The molecule has 200 valence electrons. The minimum absolute atomic E-state index is 0.0575. The lowest BCUT2D eigenvalue weighted by Gasteiger charge is -2.45. The number of fused-ring (bicyclic) bond motifs is 4. The molecule has 0 radical (unpaired) electrons. The van der Waals surface area contributed by atoms with E-state index in [1.807, 2.05) is 0 Å². The minimum Gasteiger partial charge on any atom is -0.475 e. The Labute approximate surface area is 214 Å². The van der Waals surface area contributed by atoms with E-state index in [9.17, 15) is 23.1 Å². The number of anilines is 3. The second-order valence-corrected chi connectivity index (χ2v) is 8.89. The van der Waals surface area contributed by atoms with Crippen molar-refractivity contribution < 1.29 is 32.9 Å². The first-order valence-electron chi connectivity index (χ1n) is 11.9. The van der Waals surface area contributed by atoms with Gasteiger partial charge in [0.25, 0.3) is 0 Å². The maximum Gasteiger partial charge on any atom is 0.416 e. The Hall–Kier alpha value is -4.04. The number of piperidine rings is 1. The van der Waals surface area contributed by atoms with Gasteiger partial charge in [0, 0.05) is 30.9 Å². The number of benzene rings is 1. The molecule has 3 aromatic rings. The molecule has 1 fully saturated rings. The molecule has 2 aliphatic heterocycles. The maximum absolute atomic E-state index is 13.5. The van der Waals surface area contributed by atoms with Gasteiger partial charge in [-0.2, -0.15) is 18.2 Å². The number of alkyl halides is 3. The summed E-state index contributed by atoms with van der Waals surface area (Å²) >= 11 is 0. The van der Waals surface area contributed by atoms with Crippen LogP contribution in [0.5, 0.6) is 5.88 Å². The molecular formula is C24H24F3N7O4. The van der Waals surface area contributed by atoms with Crippen LogP contribution < -0.4 is 19.9 Å². The lowest BCUT2D eigenvalue weighted by molar-refractivity contribution is -0.137. The van der Waals surface area contributed by atoms with Crippen molar-refractivity contribution in [1.29, 1.82) is 0 Å². The third-order valence-corrected chi connectivity index (χ3v) is 6.23. The van der Waals surface area contributed by atoms with Gasteiger partial charge in [-0.3, -0.25) is 10.2 Å². The predicted octanol–water partition coefficient (Wildman–Crippen LogP) is 2.71. The van der Waals surface area contributed by atoms with Crippen LogP contribution >= 0.6 is 0 Å². The first kappa shape index (κ1) is 25.6. The third kappa shape index (κ3) is 5.31. The maximum atomic E-state index is 13.5. The molecule has 1 saturated heterocycles. The van der Waals surface area contributed by atoms with Gasteiger partial charge < -0.3 is 19.8 Å². The topological polar surface area (TPSA) is 137 Å². The van der Waals surface area contributed by atoms with Gasteiger partial charge in [-0.15, -0.1) is 0 Å². The van der Waals surface area contributed by atoms with Crippen molar-refractivity contribution in [2.45, 2.75) is 31.2 Å². The first-order chi connectivity index (χ1) is 18.2. The number of halogens is 3. The Bertz CT molecular complexity index is 1330. The van der Waals surface area contributed by atoms with Crippen LogP contribution in [0.15, 0.2) is 42.7 Å². The molecule has 0 saturated carbocycles. The average Bonchev–Trinajstić information content (AvgIpc) is 2.91. The standard InChI is InChI=1S/C24H24F3N7O4/c25-24(26,27)15-4-1-3-14(9-15)20-29-10-18-21(31-20)34(16-5-2-8-33(18)11-16)23(37)32-22-28-7-6-19(30-22)38-13-17(36)12-35/h1,3-4,6-7,9-10,16-17,35-36H,2,5,8,11-13H2,(H,28,30,32,37)/t16-,17+/m0/s1. The van der Waals surface area contributed by atoms with Gasteiger partial charge in [-0.25, -0.2) is 19.7 Å². The molecule has 2 amide bonds. The van der Waals surface area contributed by atoms with E-state index in [2.05, 4.69) is 30.2 Å². The van der Waals surface area contributed by atoms with Gasteiger partial charge in [0.05, 0.1) is 30.1 Å². The van der Waals surface area contributed by atoms with E-state index < -0.39 is 30.5 Å². The zero-order valence-corrected chi connectivity index (χ0v) is 20.0. The molecule has 1 aromatic carbocycles. The van der Waals surface area contributed by atoms with Crippen molar-refractivity contribution in [3.8, 4) is 17.3 Å². The highest BCUT2D eigenvalue weighted by Crippen LogP contribution is 2.39. The van der Waals surface area contributed by atoms with E-state index in [1.165, 1.54) is 35.5 Å². The molecule has 2 aliphatic rings. The summed E-state index contributed by atoms with van der Waals surface area (Å²) in [6, 6.07) is 5.35. The number of aromatic nitrogens is 4. The van der Waals surface area contributed by atoms with Crippen molar-refractivity contribution in [2.24, 2.45) is 0 Å². The fourth-order valence-electron chi connectivity index (χ4n) is 4.43. The van der Waals surface area contributed by atoms with Gasteiger partial charge in [0.2, 0.25) is 11.8 Å². The second-order valence-electron chi connectivity index (χ2n) is 8.89. The Kier molecular flexibility index (Phi) is 6.99. The van der Waals surface area contributed by atoms with Crippen LogP contribution in [0.25, 0.3) is 11.4 Å². The van der Waals surface area contributed by atoms with E-state index in [0.717, 1.165) is 25.1 Å². The summed E-state index contributed by atoms with van der Waals surface area (Å²) in [6.07, 6.45) is -1.19. The lowest BCUT2D eigenvalue weighted by atomic mass is 10.0. The largest absolute Gasteiger partial charge is 0.475 e. The van der Waals surface area contributed by atoms with Crippen molar-refractivity contribution in [2.75, 3.05) is 41.4 Å². The SMILES string of the molecule is O=C(Nc1nccc(OC[C@H](O)CO)n1)N1c2nc(-c3cccc(C(F)(F)F)c3)ncc2N2CCC[C@H]1C2. The zero-order valence-electron chi connectivity index (χ0n) is 20.0. The summed E-state index contributed by atoms with van der Waals surface area (Å²) < 4.78 is 45.1. The highest BCUT2D eigenvalue weighted by atomic mass is 19.4. The molecule has 0 aliphatic carbocycles. The fourth-order valence-corrected chi connectivity index (χ4v) is 4.43. The molecule has 38 heavy (non-hydrogen) atoms. The van der Waals surface area contributed by atoms with Crippen LogP contribution in [0.2, 0.25) is 0 Å². The lowest BCUT2D eigenvalue weighted by Crippen LogP contribution is -2.56. The first-order valence-corrected chi connectivity index (χ1v) is 11.9. The number of aliphatic hydroxyl groups excluding tert-OH is 2. The number of aliphatic hydroxyl groups is 2. The number of carbonyl (C=O) groups is 1. The predicted molar refractivity (Wildman–Crippen MR) is 130 cm³/mol. The smallest absolute Gasteiger partial charge is 0.416 e. The molecule has 2 aromatic heterocycles. The Balaban J connectivity index is 1.44. The quantitative estimate of drug-likeness (QED) is 0.439. The van der Waals surface area contributed by atoms with Crippen LogP contribution in [0.4, 0.5) is 35.4 Å². The van der Waals surface area contributed by atoms with Crippen LogP contribution in [0.1, 0.15) is 18.4 Å². The summed E-state index contributed by atoms with van der Waals surface area (Å²) in [5.74, 6) is 0.361. The number of nitrogens with zero attached hydrogens (tertiary/aromatic N) is 6. The molecule has 4 heterocycles. The van der Waals surface area contributed by atoms with E-state index in [4.69, 9.17) is 9.84 Å². The summed E-state index contributed by atoms with van der Waals surface area (Å²) in [7, 11) is 0. The minimum atomic E-state index is -4.52. The van der Waals surface area contributed by atoms with Crippen LogP contribution in [0.3, 0.4) is 0 Å². The van der Waals surface area contributed by atoms with Crippen LogP contribution in [0, 0.1) is 0 Å². The normalized spacial score (nSPS) is 17.6. The summed E-state index contributed by atoms with van der Waals surface area (Å²) in [6.45, 7) is 0.614. The van der Waals surface area contributed by atoms with Crippen LogP contribution in [-0.2, 0) is 6.18 Å². The zero-order chi connectivity index (χ0) is 26.9. The molecule has 2 bridgehead atoms. The molecule has 11 nitrogen and oxygen atoms in total. The van der Waals surface area contributed by atoms with Gasteiger partial charge in [0.1, 0.15) is 12.7 Å². The third-order valence-electron chi connectivity index (χ3n) is 6.23. The summed E-state index contributed by atoms with van der Waals surface area (Å²) in [5, 5.41) is 21.0. The Morgan fingerprint density at radius 1 is 1.24 bits per heavy atom. The van der Waals surface area contributed by atoms with E-state index >= 15 is 0 Å². The van der Waals surface area contributed by atoms with Crippen molar-refractivity contribution in [1.82, 2.24) is 19.9 Å². The molecule has 2 atom stereocenters. The average molecular weight is 531 g/mol. The number of ether oxygens (including phenoxy) is 1.